The average molecular weight is 381 g/mol. The number of nitrogens with one attached hydrogen (secondary N) is 1. The van der Waals surface area contributed by atoms with E-state index in [0.29, 0.717) is 25.1 Å². The molecule has 0 bridgehead atoms. The molecule has 1 atom stereocenters. The summed E-state index contributed by atoms with van der Waals surface area (Å²) >= 11 is 0. The van der Waals surface area contributed by atoms with Crippen molar-refractivity contribution in [3.05, 3.63) is 70.8 Å². The normalized spacial score (nSPS) is 15.6. The van der Waals surface area contributed by atoms with Crippen LogP contribution in [0.4, 0.5) is 0 Å². The standard InChI is InChI=1S/C23H27NO4/c25-22(14-13-18-8-2-4-11-20(18)23(26)27)24-15-6-16-28-21-12-5-9-17-7-1-3-10-19(17)21/h1-4,7-8,10-11,21H,5-6,9,12-16H2,(H,24,25)(H,26,27). The van der Waals surface area contributed by atoms with E-state index in [1.54, 1.807) is 24.3 Å². The third-order valence-electron chi connectivity index (χ3n) is 5.15. The molecular formula is C23H27NO4. The largest absolute Gasteiger partial charge is 0.478 e. The number of benzene rings is 2. The van der Waals surface area contributed by atoms with E-state index in [2.05, 4.69) is 29.6 Å². The van der Waals surface area contributed by atoms with E-state index in [9.17, 15) is 14.7 Å². The van der Waals surface area contributed by atoms with Gasteiger partial charge in [0.2, 0.25) is 5.91 Å². The highest BCUT2D eigenvalue weighted by molar-refractivity contribution is 5.89. The first-order chi connectivity index (χ1) is 13.6. The number of aryl methyl sites for hydroxylation is 2. The number of rotatable bonds is 9. The molecule has 5 heteroatoms. The molecule has 1 unspecified atom stereocenters. The molecule has 1 aliphatic carbocycles. The highest BCUT2D eigenvalue weighted by atomic mass is 16.5. The predicted octanol–water partition coefficient (Wildman–Crippen LogP) is 3.92. The molecule has 2 aromatic carbocycles. The van der Waals surface area contributed by atoms with Gasteiger partial charge in [-0.1, -0.05) is 42.5 Å². The van der Waals surface area contributed by atoms with Gasteiger partial charge in [-0.15, -0.1) is 0 Å². The number of hydrogen-bond donors (Lipinski definition) is 2. The number of ether oxygens (including phenoxy) is 1. The molecule has 0 spiro atoms. The lowest BCUT2D eigenvalue weighted by atomic mass is 9.89. The maximum absolute atomic E-state index is 12.0. The fraction of sp³-hybridized carbons (Fsp3) is 0.391. The van der Waals surface area contributed by atoms with Crippen molar-refractivity contribution >= 4 is 11.9 Å². The van der Waals surface area contributed by atoms with E-state index in [-0.39, 0.29) is 24.0 Å². The van der Waals surface area contributed by atoms with Crippen molar-refractivity contribution in [3.63, 3.8) is 0 Å². The molecular weight excluding hydrogens is 354 g/mol. The number of carbonyl (C=O) groups excluding carboxylic acids is 1. The number of fused-ring (bicyclic) bond motifs is 1. The SMILES string of the molecule is O=C(CCc1ccccc1C(=O)O)NCCCOC1CCCc2ccccc21. The molecule has 2 N–H and O–H groups in total. The van der Waals surface area contributed by atoms with Gasteiger partial charge in [0.1, 0.15) is 0 Å². The molecule has 1 amide bonds. The van der Waals surface area contributed by atoms with Crippen molar-refractivity contribution in [1.29, 1.82) is 0 Å². The smallest absolute Gasteiger partial charge is 0.335 e. The molecule has 0 aliphatic heterocycles. The van der Waals surface area contributed by atoms with Gasteiger partial charge in [-0.25, -0.2) is 4.79 Å². The second-order valence-corrected chi connectivity index (χ2v) is 7.12. The Morgan fingerprint density at radius 2 is 1.89 bits per heavy atom. The lowest BCUT2D eigenvalue weighted by Gasteiger charge is -2.25. The summed E-state index contributed by atoms with van der Waals surface area (Å²) in [7, 11) is 0. The fourth-order valence-corrected chi connectivity index (χ4v) is 3.69. The van der Waals surface area contributed by atoms with E-state index in [0.717, 1.165) is 25.7 Å². The van der Waals surface area contributed by atoms with Crippen LogP contribution in [0.25, 0.3) is 0 Å². The number of carbonyl (C=O) groups is 2. The lowest BCUT2D eigenvalue weighted by molar-refractivity contribution is -0.121. The third-order valence-corrected chi connectivity index (χ3v) is 5.15. The summed E-state index contributed by atoms with van der Waals surface area (Å²) in [5.74, 6) is -1.03. The van der Waals surface area contributed by atoms with Crippen LogP contribution in [0, 0.1) is 0 Å². The first-order valence-corrected chi connectivity index (χ1v) is 9.92. The van der Waals surface area contributed by atoms with Gasteiger partial charge in [-0.3, -0.25) is 4.79 Å². The van der Waals surface area contributed by atoms with Gasteiger partial charge in [0.15, 0.2) is 0 Å². The molecule has 0 saturated carbocycles. The summed E-state index contributed by atoms with van der Waals surface area (Å²) in [4.78, 5) is 23.2. The monoisotopic (exact) mass is 381 g/mol. The van der Waals surface area contributed by atoms with Crippen LogP contribution in [0.5, 0.6) is 0 Å². The highest BCUT2D eigenvalue weighted by Gasteiger charge is 2.19. The third kappa shape index (κ3) is 5.42. The fourth-order valence-electron chi connectivity index (χ4n) is 3.69. The van der Waals surface area contributed by atoms with Crippen LogP contribution in [0.3, 0.4) is 0 Å². The summed E-state index contributed by atoms with van der Waals surface area (Å²) in [6.07, 6.45) is 4.94. The van der Waals surface area contributed by atoms with E-state index in [1.807, 2.05) is 0 Å². The van der Waals surface area contributed by atoms with Crippen molar-refractivity contribution in [1.82, 2.24) is 5.32 Å². The molecule has 3 rings (SSSR count). The Morgan fingerprint density at radius 1 is 1.11 bits per heavy atom. The number of aromatic carboxylic acids is 1. The minimum Gasteiger partial charge on any atom is -0.478 e. The van der Waals surface area contributed by atoms with Crippen LogP contribution < -0.4 is 5.32 Å². The van der Waals surface area contributed by atoms with Crippen molar-refractivity contribution in [2.75, 3.05) is 13.2 Å². The second-order valence-electron chi connectivity index (χ2n) is 7.12. The van der Waals surface area contributed by atoms with Gasteiger partial charge in [0, 0.05) is 19.6 Å². The molecule has 0 heterocycles. The molecule has 148 valence electrons. The quantitative estimate of drug-likeness (QED) is 0.646. The Hall–Kier alpha value is -2.66. The van der Waals surface area contributed by atoms with Gasteiger partial charge in [0.25, 0.3) is 0 Å². The van der Waals surface area contributed by atoms with Gasteiger partial charge < -0.3 is 15.2 Å². The molecule has 0 aromatic heterocycles. The van der Waals surface area contributed by atoms with Crippen LogP contribution >= 0.6 is 0 Å². The van der Waals surface area contributed by atoms with E-state index in [1.165, 1.54) is 11.1 Å². The lowest BCUT2D eigenvalue weighted by Crippen LogP contribution is -2.26. The zero-order valence-electron chi connectivity index (χ0n) is 16.0. The molecule has 0 fully saturated rings. The Bertz CT molecular complexity index is 818. The van der Waals surface area contributed by atoms with Crippen molar-refractivity contribution in [3.8, 4) is 0 Å². The van der Waals surface area contributed by atoms with E-state index in [4.69, 9.17) is 4.74 Å². The molecule has 28 heavy (non-hydrogen) atoms. The maximum atomic E-state index is 12.0. The molecule has 5 nitrogen and oxygen atoms in total. The van der Waals surface area contributed by atoms with Crippen molar-refractivity contribution in [2.24, 2.45) is 0 Å². The van der Waals surface area contributed by atoms with Gasteiger partial charge >= 0.3 is 5.97 Å². The highest BCUT2D eigenvalue weighted by Crippen LogP contribution is 2.32. The number of hydrogen-bond acceptors (Lipinski definition) is 3. The van der Waals surface area contributed by atoms with Crippen molar-refractivity contribution < 1.29 is 19.4 Å². The number of amides is 1. The van der Waals surface area contributed by atoms with Crippen LogP contribution in [0.15, 0.2) is 48.5 Å². The van der Waals surface area contributed by atoms with Gasteiger partial charge in [-0.2, -0.15) is 0 Å². The summed E-state index contributed by atoms with van der Waals surface area (Å²) in [5.41, 5.74) is 3.63. The number of carboxylic acids is 1. The van der Waals surface area contributed by atoms with Crippen molar-refractivity contribution in [2.45, 2.75) is 44.6 Å². The predicted molar refractivity (Wildman–Crippen MR) is 107 cm³/mol. The summed E-state index contributed by atoms with van der Waals surface area (Å²) < 4.78 is 6.05. The maximum Gasteiger partial charge on any atom is 0.335 e. The first-order valence-electron chi connectivity index (χ1n) is 9.92. The van der Waals surface area contributed by atoms with Gasteiger partial charge in [-0.05, 0) is 54.9 Å². The average Bonchev–Trinajstić information content (AvgIpc) is 2.72. The Labute approximate surface area is 165 Å². The molecule has 0 radical (unpaired) electrons. The molecule has 0 saturated heterocycles. The van der Waals surface area contributed by atoms with Crippen LogP contribution in [-0.2, 0) is 22.4 Å². The van der Waals surface area contributed by atoms with Crippen LogP contribution in [0.2, 0.25) is 0 Å². The zero-order chi connectivity index (χ0) is 19.8. The summed E-state index contributed by atoms with van der Waals surface area (Å²) in [6.45, 7) is 1.18. The second kappa shape index (κ2) is 10.0. The molecule has 1 aliphatic rings. The number of carboxylic acid groups (broad SMARTS) is 1. The first kappa shape index (κ1) is 20.1. The van der Waals surface area contributed by atoms with Crippen LogP contribution in [0.1, 0.15) is 58.8 Å². The summed E-state index contributed by atoms with van der Waals surface area (Å²) in [5, 5.41) is 12.1. The Balaban J connectivity index is 1.35. The Morgan fingerprint density at radius 3 is 2.75 bits per heavy atom. The van der Waals surface area contributed by atoms with E-state index >= 15 is 0 Å². The Kier molecular flexibility index (Phi) is 7.20. The van der Waals surface area contributed by atoms with E-state index < -0.39 is 5.97 Å². The topological polar surface area (TPSA) is 75.6 Å². The minimum absolute atomic E-state index is 0.0665. The van der Waals surface area contributed by atoms with Crippen LogP contribution in [-0.4, -0.2) is 30.1 Å². The zero-order valence-corrected chi connectivity index (χ0v) is 16.0. The molecule has 2 aromatic rings. The minimum atomic E-state index is -0.961. The van der Waals surface area contributed by atoms with Gasteiger partial charge in [0.05, 0.1) is 11.7 Å². The summed E-state index contributed by atoms with van der Waals surface area (Å²) in [6, 6.07) is 15.3.